The molecule has 2 atom stereocenters. The molecule has 84 valence electrons. The van der Waals surface area contributed by atoms with Crippen LogP contribution in [-0.2, 0) is 9.53 Å². The number of ether oxygens (including phenoxy) is 1. The van der Waals surface area contributed by atoms with Gasteiger partial charge in [-0.25, -0.2) is 0 Å². The molecule has 4 nitrogen and oxygen atoms in total. The highest BCUT2D eigenvalue weighted by molar-refractivity contribution is 5.76. The maximum absolute atomic E-state index is 11.5. The first-order chi connectivity index (χ1) is 7.70. The van der Waals surface area contributed by atoms with Crippen molar-refractivity contribution in [1.29, 1.82) is 5.26 Å². The van der Waals surface area contributed by atoms with Crippen molar-refractivity contribution in [2.45, 2.75) is 13.0 Å². The Morgan fingerprint density at radius 3 is 2.62 bits per heavy atom. The second-order valence-electron chi connectivity index (χ2n) is 3.30. The summed E-state index contributed by atoms with van der Waals surface area (Å²) in [4.78, 5) is 11.5. The third kappa shape index (κ3) is 2.81. The van der Waals surface area contributed by atoms with Crippen molar-refractivity contribution in [3.63, 3.8) is 0 Å². The number of hydrogen-bond donors (Lipinski definition) is 1. The summed E-state index contributed by atoms with van der Waals surface area (Å²) in [5.74, 6) is -1.52. The zero-order chi connectivity index (χ0) is 12.0. The maximum atomic E-state index is 11.5. The Labute approximate surface area is 94.6 Å². The van der Waals surface area contributed by atoms with Gasteiger partial charge in [-0.2, -0.15) is 5.26 Å². The van der Waals surface area contributed by atoms with Crippen molar-refractivity contribution in [1.82, 2.24) is 0 Å². The van der Waals surface area contributed by atoms with Crippen molar-refractivity contribution < 1.29 is 9.53 Å². The Morgan fingerprint density at radius 2 is 2.12 bits per heavy atom. The Morgan fingerprint density at radius 1 is 1.50 bits per heavy atom. The van der Waals surface area contributed by atoms with Gasteiger partial charge in [-0.3, -0.25) is 4.79 Å². The lowest BCUT2D eigenvalue weighted by Gasteiger charge is -2.16. The number of esters is 1. The topological polar surface area (TPSA) is 76.1 Å². The molecule has 0 bridgehead atoms. The molecule has 0 aromatic heterocycles. The van der Waals surface area contributed by atoms with Crippen LogP contribution in [0.1, 0.15) is 18.5 Å². The highest BCUT2D eigenvalue weighted by Crippen LogP contribution is 2.19. The minimum Gasteiger partial charge on any atom is -0.465 e. The van der Waals surface area contributed by atoms with Crippen LogP contribution in [0, 0.1) is 17.2 Å². The van der Waals surface area contributed by atoms with Gasteiger partial charge in [0.05, 0.1) is 18.7 Å². The molecule has 0 aliphatic rings. The molecular weight excluding hydrogens is 204 g/mol. The molecule has 1 aromatic rings. The summed E-state index contributed by atoms with van der Waals surface area (Å²) in [5.41, 5.74) is 6.61. The lowest BCUT2D eigenvalue weighted by atomic mass is 9.95. The van der Waals surface area contributed by atoms with E-state index in [0.29, 0.717) is 0 Å². The Kier molecular flexibility index (Phi) is 4.49. The summed E-state index contributed by atoms with van der Waals surface area (Å²) in [6, 6.07) is 10.3. The normalized spacial score (nSPS) is 13.6. The highest BCUT2D eigenvalue weighted by atomic mass is 16.5. The lowest BCUT2D eigenvalue weighted by molar-refractivity contribution is -0.146. The van der Waals surface area contributed by atoms with Crippen molar-refractivity contribution in [3.05, 3.63) is 35.9 Å². The smallest absolute Gasteiger partial charge is 0.325 e. The number of hydrogen-bond acceptors (Lipinski definition) is 4. The van der Waals surface area contributed by atoms with E-state index < -0.39 is 17.9 Å². The molecule has 0 saturated heterocycles. The van der Waals surface area contributed by atoms with E-state index in [1.165, 1.54) is 0 Å². The predicted molar refractivity (Wildman–Crippen MR) is 59.1 cm³/mol. The van der Waals surface area contributed by atoms with Gasteiger partial charge in [0.25, 0.3) is 0 Å². The zero-order valence-electron chi connectivity index (χ0n) is 9.09. The molecule has 0 radical (unpaired) electrons. The van der Waals surface area contributed by atoms with Gasteiger partial charge in [-0.15, -0.1) is 0 Å². The number of benzene rings is 1. The second kappa shape index (κ2) is 5.89. The van der Waals surface area contributed by atoms with Gasteiger partial charge in [0, 0.05) is 0 Å². The Balaban J connectivity index is 2.83. The molecule has 0 aliphatic heterocycles. The summed E-state index contributed by atoms with van der Waals surface area (Å²) >= 11 is 0. The van der Waals surface area contributed by atoms with Crippen molar-refractivity contribution in [2.24, 2.45) is 11.7 Å². The molecule has 0 heterocycles. The number of nitrogens with two attached hydrogens (primary N) is 1. The van der Waals surface area contributed by atoms with Gasteiger partial charge in [-0.1, -0.05) is 30.3 Å². The fourth-order valence-electron chi connectivity index (χ4n) is 1.38. The molecule has 0 aliphatic carbocycles. The largest absolute Gasteiger partial charge is 0.465 e. The molecule has 16 heavy (non-hydrogen) atoms. The molecule has 0 amide bonds. The summed E-state index contributed by atoms with van der Waals surface area (Å²) < 4.78 is 4.80. The zero-order valence-corrected chi connectivity index (χ0v) is 9.09. The minimum atomic E-state index is -0.956. The van der Waals surface area contributed by atoms with Crippen LogP contribution in [-0.4, -0.2) is 12.6 Å². The van der Waals surface area contributed by atoms with Crippen molar-refractivity contribution in [3.8, 4) is 6.07 Å². The van der Waals surface area contributed by atoms with Crippen molar-refractivity contribution in [2.75, 3.05) is 6.61 Å². The minimum absolute atomic E-state index is 0.249. The van der Waals surface area contributed by atoms with Gasteiger partial charge >= 0.3 is 5.97 Å². The highest BCUT2D eigenvalue weighted by Gasteiger charge is 2.27. The van der Waals surface area contributed by atoms with Gasteiger partial charge in [0.1, 0.15) is 0 Å². The molecule has 1 rings (SSSR count). The number of nitrogens with zero attached hydrogens (tertiary/aromatic N) is 1. The van der Waals surface area contributed by atoms with Crippen LogP contribution >= 0.6 is 0 Å². The number of carbonyl (C=O) groups excluding carboxylic acids is 1. The molecule has 0 fully saturated rings. The van der Waals surface area contributed by atoms with Gasteiger partial charge in [0.15, 0.2) is 5.92 Å². The molecule has 2 N–H and O–H groups in total. The maximum Gasteiger partial charge on any atom is 0.325 e. The van der Waals surface area contributed by atoms with E-state index in [4.69, 9.17) is 15.7 Å². The van der Waals surface area contributed by atoms with Crippen LogP contribution < -0.4 is 5.73 Å². The van der Waals surface area contributed by atoms with E-state index >= 15 is 0 Å². The third-order valence-corrected chi connectivity index (χ3v) is 2.22. The Hall–Kier alpha value is -1.86. The number of nitriles is 1. The van der Waals surface area contributed by atoms with E-state index in [9.17, 15) is 4.79 Å². The number of rotatable bonds is 4. The van der Waals surface area contributed by atoms with E-state index in [0.717, 1.165) is 5.56 Å². The fraction of sp³-hybridized carbons (Fsp3) is 0.333. The van der Waals surface area contributed by atoms with Crippen LogP contribution in [0.5, 0.6) is 0 Å². The van der Waals surface area contributed by atoms with E-state index in [1.807, 2.05) is 24.3 Å². The van der Waals surface area contributed by atoms with Gasteiger partial charge < -0.3 is 10.5 Å². The molecule has 4 heteroatoms. The fourth-order valence-corrected chi connectivity index (χ4v) is 1.38. The third-order valence-electron chi connectivity index (χ3n) is 2.22. The van der Waals surface area contributed by atoms with E-state index in [-0.39, 0.29) is 6.61 Å². The summed E-state index contributed by atoms with van der Waals surface area (Å²) in [6.07, 6.45) is 0. The molecule has 0 saturated carbocycles. The SMILES string of the molecule is CCOC(=O)C(C#N)C(N)c1ccccc1. The van der Waals surface area contributed by atoms with Gasteiger partial charge in [0.2, 0.25) is 0 Å². The quantitative estimate of drug-likeness (QED) is 0.775. The Bertz CT molecular complexity index is 384. The molecular formula is C12H14N2O2. The van der Waals surface area contributed by atoms with Gasteiger partial charge in [-0.05, 0) is 12.5 Å². The average Bonchev–Trinajstić information content (AvgIpc) is 2.31. The number of carbonyl (C=O) groups is 1. The molecule has 0 spiro atoms. The van der Waals surface area contributed by atoms with Crippen LogP contribution in [0.4, 0.5) is 0 Å². The van der Waals surface area contributed by atoms with Crippen molar-refractivity contribution >= 4 is 5.97 Å². The average molecular weight is 218 g/mol. The van der Waals surface area contributed by atoms with Crippen LogP contribution in [0.15, 0.2) is 30.3 Å². The van der Waals surface area contributed by atoms with E-state index in [2.05, 4.69) is 0 Å². The summed E-state index contributed by atoms with van der Waals surface area (Å²) in [7, 11) is 0. The first-order valence-corrected chi connectivity index (χ1v) is 5.07. The summed E-state index contributed by atoms with van der Waals surface area (Å²) in [6.45, 7) is 1.94. The van der Waals surface area contributed by atoms with Crippen LogP contribution in [0.2, 0.25) is 0 Å². The predicted octanol–water partition coefficient (Wildman–Crippen LogP) is 1.39. The van der Waals surface area contributed by atoms with Crippen LogP contribution in [0.25, 0.3) is 0 Å². The first kappa shape index (κ1) is 12.2. The lowest BCUT2D eigenvalue weighted by Crippen LogP contribution is -2.28. The monoisotopic (exact) mass is 218 g/mol. The second-order valence-corrected chi connectivity index (χ2v) is 3.30. The summed E-state index contributed by atoms with van der Waals surface area (Å²) in [5, 5.41) is 8.92. The first-order valence-electron chi connectivity index (χ1n) is 5.07. The molecule has 1 aromatic carbocycles. The van der Waals surface area contributed by atoms with Crippen LogP contribution in [0.3, 0.4) is 0 Å². The van der Waals surface area contributed by atoms with E-state index in [1.54, 1.807) is 19.1 Å². The standard InChI is InChI=1S/C12H14N2O2/c1-2-16-12(15)10(8-13)11(14)9-6-4-3-5-7-9/h3-7,10-11H,2,14H2,1H3. The molecule has 2 unspecified atom stereocenters.